The molecule has 0 radical (unpaired) electrons. The monoisotopic (exact) mass is 297 g/mol. The highest BCUT2D eigenvalue weighted by molar-refractivity contribution is 9.10. The third-order valence-electron chi connectivity index (χ3n) is 2.12. The Balaban J connectivity index is 2.04. The van der Waals surface area contributed by atoms with Gasteiger partial charge in [-0.05, 0) is 41.1 Å². The van der Waals surface area contributed by atoms with Gasteiger partial charge in [-0.25, -0.2) is 4.98 Å². The molecular weight excluding hydrogens is 286 g/mol. The van der Waals surface area contributed by atoms with E-state index in [1.165, 1.54) is 0 Å². The average molecular weight is 298 g/mol. The van der Waals surface area contributed by atoms with Gasteiger partial charge in [-0.1, -0.05) is 0 Å². The number of anilines is 2. The maximum Gasteiger partial charge on any atom is 0.0898 e. The molecule has 2 rings (SSSR count). The first-order valence-corrected chi connectivity index (χ1v) is 6.52. The van der Waals surface area contributed by atoms with Crippen LogP contribution in [-0.4, -0.2) is 4.98 Å². The Morgan fingerprint density at radius 1 is 1.50 bits per heavy atom. The molecule has 3 N–H and O–H groups in total. The molecular formula is C11H12BrN3S. The lowest BCUT2D eigenvalue weighted by atomic mass is 10.3. The lowest BCUT2D eigenvalue weighted by Gasteiger charge is -2.07. The normalized spacial score (nSPS) is 10.4. The lowest BCUT2D eigenvalue weighted by Crippen LogP contribution is -2.00. The quantitative estimate of drug-likeness (QED) is 0.854. The fourth-order valence-electron chi connectivity index (χ4n) is 1.35. The van der Waals surface area contributed by atoms with E-state index in [1.807, 2.05) is 25.1 Å². The number of nitrogens with two attached hydrogens (primary N) is 1. The molecule has 2 aromatic rings. The van der Waals surface area contributed by atoms with E-state index in [1.54, 1.807) is 11.3 Å². The molecule has 0 atom stereocenters. The van der Waals surface area contributed by atoms with Gasteiger partial charge in [0.25, 0.3) is 0 Å². The van der Waals surface area contributed by atoms with Crippen LogP contribution in [0.15, 0.2) is 28.1 Å². The van der Waals surface area contributed by atoms with E-state index in [0.29, 0.717) is 0 Å². The third-order valence-corrected chi connectivity index (χ3v) is 3.60. The van der Waals surface area contributed by atoms with Crippen LogP contribution in [0.5, 0.6) is 0 Å². The van der Waals surface area contributed by atoms with Gasteiger partial charge in [0, 0.05) is 21.2 Å². The highest BCUT2D eigenvalue weighted by Crippen LogP contribution is 2.25. The number of nitrogens with zero attached hydrogens (tertiary/aromatic N) is 1. The Bertz CT molecular complexity index is 496. The summed E-state index contributed by atoms with van der Waals surface area (Å²) in [5.41, 5.74) is 8.51. The maximum absolute atomic E-state index is 5.67. The van der Waals surface area contributed by atoms with Crippen molar-refractivity contribution in [2.24, 2.45) is 0 Å². The second kappa shape index (κ2) is 4.84. The van der Waals surface area contributed by atoms with E-state index in [2.05, 4.69) is 31.6 Å². The van der Waals surface area contributed by atoms with Crippen LogP contribution in [0.1, 0.15) is 10.7 Å². The molecule has 1 heterocycles. The molecule has 5 heteroatoms. The summed E-state index contributed by atoms with van der Waals surface area (Å²) in [5, 5.41) is 6.47. The van der Waals surface area contributed by atoms with E-state index >= 15 is 0 Å². The minimum Gasteiger partial charge on any atom is -0.399 e. The summed E-state index contributed by atoms with van der Waals surface area (Å²) in [5.74, 6) is 0. The molecule has 3 nitrogen and oxygen atoms in total. The van der Waals surface area contributed by atoms with E-state index in [-0.39, 0.29) is 0 Å². The molecule has 0 saturated heterocycles. The highest BCUT2D eigenvalue weighted by atomic mass is 79.9. The van der Waals surface area contributed by atoms with Crippen molar-refractivity contribution in [1.82, 2.24) is 4.98 Å². The van der Waals surface area contributed by atoms with Gasteiger partial charge in [0.2, 0.25) is 0 Å². The largest absolute Gasteiger partial charge is 0.399 e. The van der Waals surface area contributed by atoms with E-state index < -0.39 is 0 Å². The molecule has 0 aliphatic carbocycles. The Morgan fingerprint density at radius 3 is 2.94 bits per heavy atom. The predicted molar refractivity (Wildman–Crippen MR) is 72.7 cm³/mol. The Kier molecular flexibility index (Phi) is 3.46. The van der Waals surface area contributed by atoms with Crippen LogP contribution in [0.4, 0.5) is 11.4 Å². The number of aryl methyl sites for hydroxylation is 1. The number of halogens is 1. The SMILES string of the molecule is Cc1nc(CNc2ccc(N)cc2Br)cs1. The molecule has 1 aromatic carbocycles. The van der Waals surface area contributed by atoms with Crippen molar-refractivity contribution in [2.45, 2.75) is 13.5 Å². The maximum atomic E-state index is 5.67. The molecule has 0 fully saturated rings. The fraction of sp³-hybridized carbons (Fsp3) is 0.182. The zero-order chi connectivity index (χ0) is 11.5. The number of nitrogen functional groups attached to an aromatic ring is 1. The Morgan fingerprint density at radius 2 is 2.31 bits per heavy atom. The molecule has 0 aliphatic heterocycles. The minimum atomic E-state index is 0.729. The second-order valence-electron chi connectivity index (χ2n) is 3.45. The first kappa shape index (κ1) is 11.4. The molecule has 0 spiro atoms. The van der Waals surface area contributed by atoms with Gasteiger partial charge in [-0.2, -0.15) is 0 Å². The van der Waals surface area contributed by atoms with Gasteiger partial charge in [0.15, 0.2) is 0 Å². The van der Waals surface area contributed by atoms with Crippen LogP contribution in [0.25, 0.3) is 0 Å². The number of hydrogen-bond acceptors (Lipinski definition) is 4. The van der Waals surface area contributed by atoms with Crippen molar-refractivity contribution in [3.8, 4) is 0 Å². The molecule has 0 saturated carbocycles. The van der Waals surface area contributed by atoms with Crippen molar-refractivity contribution in [3.63, 3.8) is 0 Å². The minimum absolute atomic E-state index is 0.729. The number of nitrogens with one attached hydrogen (secondary N) is 1. The second-order valence-corrected chi connectivity index (χ2v) is 5.37. The highest BCUT2D eigenvalue weighted by Gasteiger charge is 2.01. The van der Waals surface area contributed by atoms with Crippen LogP contribution >= 0.6 is 27.3 Å². The van der Waals surface area contributed by atoms with Crippen molar-refractivity contribution >= 4 is 38.6 Å². The summed E-state index contributed by atoms with van der Waals surface area (Å²) in [4.78, 5) is 4.39. The molecule has 0 amide bonds. The predicted octanol–water partition coefficient (Wildman–Crippen LogP) is 3.41. The van der Waals surface area contributed by atoms with Crippen LogP contribution in [0.2, 0.25) is 0 Å². The summed E-state index contributed by atoms with van der Waals surface area (Å²) in [6.07, 6.45) is 0. The first-order valence-electron chi connectivity index (χ1n) is 4.85. The Labute approximate surface area is 107 Å². The molecule has 0 aliphatic rings. The van der Waals surface area contributed by atoms with E-state index in [0.717, 1.165) is 33.1 Å². The van der Waals surface area contributed by atoms with Crippen LogP contribution in [0.3, 0.4) is 0 Å². The smallest absolute Gasteiger partial charge is 0.0898 e. The number of benzene rings is 1. The van der Waals surface area contributed by atoms with Crippen molar-refractivity contribution < 1.29 is 0 Å². The topological polar surface area (TPSA) is 50.9 Å². The molecule has 0 unspecified atom stereocenters. The summed E-state index contributed by atoms with van der Waals surface area (Å²) in [6.45, 7) is 2.74. The van der Waals surface area contributed by atoms with Gasteiger partial charge in [-0.15, -0.1) is 11.3 Å². The number of rotatable bonds is 3. The van der Waals surface area contributed by atoms with Gasteiger partial charge in [-0.3, -0.25) is 0 Å². The molecule has 0 bridgehead atoms. The molecule has 84 valence electrons. The number of aromatic nitrogens is 1. The zero-order valence-electron chi connectivity index (χ0n) is 8.83. The summed E-state index contributed by atoms with van der Waals surface area (Å²) < 4.78 is 0.972. The van der Waals surface area contributed by atoms with Crippen molar-refractivity contribution in [2.75, 3.05) is 11.1 Å². The lowest BCUT2D eigenvalue weighted by molar-refractivity contribution is 1.05. The van der Waals surface area contributed by atoms with Crippen LogP contribution < -0.4 is 11.1 Å². The molecule has 16 heavy (non-hydrogen) atoms. The van der Waals surface area contributed by atoms with Crippen molar-refractivity contribution in [1.29, 1.82) is 0 Å². The summed E-state index contributed by atoms with van der Waals surface area (Å²) >= 11 is 5.13. The summed E-state index contributed by atoms with van der Waals surface area (Å²) in [6, 6.07) is 5.71. The van der Waals surface area contributed by atoms with E-state index in [4.69, 9.17) is 5.73 Å². The van der Waals surface area contributed by atoms with Gasteiger partial charge in [0.05, 0.1) is 17.2 Å². The van der Waals surface area contributed by atoms with Gasteiger partial charge >= 0.3 is 0 Å². The molecule has 1 aromatic heterocycles. The van der Waals surface area contributed by atoms with Crippen molar-refractivity contribution in [3.05, 3.63) is 38.8 Å². The Hall–Kier alpha value is -1.07. The average Bonchev–Trinajstić information content (AvgIpc) is 2.63. The van der Waals surface area contributed by atoms with Gasteiger partial charge in [0.1, 0.15) is 0 Å². The zero-order valence-corrected chi connectivity index (χ0v) is 11.2. The van der Waals surface area contributed by atoms with Crippen LogP contribution in [-0.2, 0) is 6.54 Å². The number of thiazole rings is 1. The first-order chi connectivity index (χ1) is 7.65. The van der Waals surface area contributed by atoms with E-state index in [9.17, 15) is 0 Å². The third kappa shape index (κ3) is 2.74. The van der Waals surface area contributed by atoms with Gasteiger partial charge < -0.3 is 11.1 Å². The number of hydrogen-bond donors (Lipinski definition) is 2. The fourth-order valence-corrected chi connectivity index (χ4v) is 2.50. The standard InChI is InChI=1S/C11H12BrN3S/c1-7-15-9(6-16-7)5-14-11-3-2-8(13)4-10(11)12/h2-4,6,14H,5,13H2,1H3. The van der Waals surface area contributed by atoms with Crippen LogP contribution in [0, 0.1) is 6.92 Å². The summed E-state index contributed by atoms with van der Waals surface area (Å²) in [7, 11) is 0.